The van der Waals surface area contributed by atoms with E-state index in [9.17, 15) is 9.59 Å². The van der Waals surface area contributed by atoms with Crippen molar-refractivity contribution in [3.05, 3.63) is 0 Å². The summed E-state index contributed by atoms with van der Waals surface area (Å²) in [7, 11) is 0. The molecule has 2 unspecified atom stereocenters. The Balaban J connectivity index is 1.81. The Morgan fingerprint density at radius 2 is 2.28 bits per heavy atom. The Morgan fingerprint density at radius 3 is 2.89 bits per heavy atom. The van der Waals surface area contributed by atoms with Gasteiger partial charge in [0.1, 0.15) is 0 Å². The summed E-state index contributed by atoms with van der Waals surface area (Å²) in [5, 5.41) is 15.2. The molecular formula is C12H19N3O3. The van der Waals surface area contributed by atoms with Gasteiger partial charge in [-0.2, -0.15) is 0 Å². The number of nitrogens with one attached hydrogen (secondary N) is 2. The molecular weight excluding hydrogens is 234 g/mol. The van der Waals surface area contributed by atoms with Crippen molar-refractivity contribution in [1.29, 1.82) is 0 Å². The van der Waals surface area contributed by atoms with Gasteiger partial charge in [0.2, 0.25) is 5.91 Å². The van der Waals surface area contributed by atoms with E-state index in [1.807, 2.05) is 0 Å². The Labute approximate surface area is 106 Å². The lowest BCUT2D eigenvalue weighted by atomic mass is 9.80. The van der Waals surface area contributed by atoms with E-state index in [0.29, 0.717) is 6.54 Å². The number of carbonyl (C=O) groups is 2. The van der Waals surface area contributed by atoms with Crippen LogP contribution in [0.25, 0.3) is 0 Å². The third kappa shape index (κ3) is 1.71. The highest BCUT2D eigenvalue weighted by molar-refractivity contribution is 5.82. The third-order valence-electron chi connectivity index (χ3n) is 4.60. The summed E-state index contributed by atoms with van der Waals surface area (Å²) in [6.45, 7) is 3.02. The molecule has 3 aliphatic rings. The van der Waals surface area contributed by atoms with Crippen LogP contribution >= 0.6 is 0 Å². The summed E-state index contributed by atoms with van der Waals surface area (Å²) in [4.78, 5) is 25.1. The molecule has 3 fully saturated rings. The van der Waals surface area contributed by atoms with Gasteiger partial charge >= 0.3 is 5.97 Å². The maximum atomic E-state index is 11.7. The van der Waals surface area contributed by atoms with Gasteiger partial charge in [-0.15, -0.1) is 0 Å². The highest BCUT2D eigenvalue weighted by atomic mass is 16.4. The molecule has 0 aromatic rings. The van der Waals surface area contributed by atoms with Gasteiger partial charge < -0.3 is 15.7 Å². The molecule has 3 rings (SSSR count). The molecule has 3 saturated heterocycles. The number of piperidine rings is 1. The van der Waals surface area contributed by atoms with Gasteiger partial charge in [0, 0.05) is 25.7 Å². The summed E-state index contributed by atoms with van der Waals surface area (Å²) in [6, 6.07) is 0.188. The Morgan fingerprint density at radius 1 is 1.50 bits per heavy atom. The van der Waals surface area contributed by atoms with E-state index in [0.717, 1.165) is 32.5 Å². The van der Waals surface area contributed by atoms with Gasteiger partial charge in [-0.3, -0.25) is 14.5 Å². The number of carboxylic acids is 1. The number of amides is 1. The van der Waals surface area contributed by atoms with Crippen LogP contribution in [-0.4, -0.2) is 59.6 Å². The summed E-state index contributed by atoms with van der Waals surface area (Å²) in [5.41, 5.74) is -0.276. The lowest BCUT2D eigenvalue weighted by Gasteiger charge is -2.54. The maximum Gasteiger partial charge on any atom is 0.305 e. The van der Waals surface area contributed by atoms with Gasteiger partial charge in [-0.05, 0) is 19.4 Å². The summed E-state index contributed by atoms with van der Waals surface area (Å²) < 4.78 is 0. The Hall–Kier alpha value is -1.14. The van der Waals surface area contributed by atoms with Crippen LogP contribution in [0.1, 0.15) is 19.3 Å². The van der Waals surface area contributed by atoms with E-state index in [1.165, 1.54) is 0 Å². The second-order valence-electron chi connectivity index (χ2n) is 5.65. The molecule has 6 nitrogen and oxygen atoms in total. The minimum atomic E-state index is -0.754. The van der Waals surface area contributed by atoms with Crippen LogP contribution in [0.2, 0.25) is 0 Å². The fourth-order valence-electron chi connectivity index (χ4n) is 3.67. The first-order chi connectivity index (χ1) is 8.62. The average Bonchev–Trinajstić information content (AvgIpc) is 2.66. The van der Waals surface area contributed by atoms with Crippen molar-refractivity contribution in [2.75, 3.05) is 26.2 Å². The van der Waals surface area contributed by atoms with Gasteiger partial charge in [-0.25, -0.2) is 0 Å². The zero-order valence-electron chi connectivity index (χ0n) is 10.3. The van der Waals surface area contributed by atoms with E-state index in [4.69, 9.17) is 5.11 Å². The van der Waals surface area contributed by atoms with Crippen molar-refractivity contribution in [1.82, 2.24) is 15.5 Å². The first-order valence-electron chi connectivity index (χ1n) is 6.59. The first kappa shape index (κ1) is 11.9. The molecule has 0 bridgehead atoms. The third-order valence-corrected chi connectivity index (χ3v) is 4.60. The molecule has 3 N–H and O–H groups in total. The molecule has 100 valence electrons. The van der Waals surface area contributed by atoms with Crippen LogP contribution < -0.4 is 10.6 Å². The SMILES string of the molecule is O=C(O)CC1(N2CCCC3C(=O)NCC32)CNC1. The highest BCUT2D eigenvalue weighted by Crippen LogP contribution is 2.36. The number of nitrogens with zero attached hydrogens (tertiary/aromatic N) is 1. The van der Waals surface area contributed by atoms with Gasteiger partial charge in [0.05, 0.1) is 17.9 Å². The molecule has 1 amide bonds. The smallest absolute Gasteiger partial charge is 0.305 e. The topological polar surface area (TPSA) is 81.7 Å². The maximum absolute atomic E-state index is 11.7. The normalized spacial score (nSPS) is 34.6. The molecule has 2 atom stereocenters. The standard InChI is InChI=1S/C12H19N3O3/c16-10(17)4-12(6-13-7-12)15-3-1-2-8-9(15)5-14-11(8)18/h8-9,13H,1-7H2,(H,14,18)(H,16,17). The van der Waals surface area contributed by atoms with Crippen molar-refractivity contribution in [2.24, 2.45) is 5.92 Å². The molecule has 0 spiro atoms. The zero-order valence-corrected chi connectivity index (χ0v) is 10.3. The fraction of sp³-hybridized carbons (Fsp3) is 0.833. The van der Waals surface area contributed by atoms with Crippen LogP contribution in [0, 0.1) is 5.92 Å². The number of likely N-dealkylation sites (tertiary alicyclic amines) is 1. The lowest BCUT2D eigenvalue weighted by molar-refractivity contribution is -0.143. The number of carbonyl (C=O) groups excluding carboxylic acids is 1. The summed E-state index contributed by atoms with van der Waals surface area (Å²) in [5.74, 6) is -0.552. The fourth-order valence-corrected chi connectivity index (χ4v) is 3.67. The predicted molar refractivity (Wildman–Crippen MR) is 64.1 cm³/mol. The zero-order chi connectivity index (χ0) is 12.8. The second-order valence-corrected chi connectivity index (χ2v) is 5.65. The van der Waals surface area contributed by atoms with E-state index in [1.54, 1.807) is 0 Å². The molecule has 0 radical (unpaired) electrons. The molecule has 3 aliphatic heterocycles. The second kappa shape index (κ2) is 4.20. The number of hydrogen-bond donors (Lipinski definition) is 3. The largest absolute Gasteiger partial charge is 0.481 e. The van der Waals surface area contributed by atoms with Crippen LogP contribution in [-0.2, 0) is 9.59 Å². The molecule has 0 aromatic carbocycles. The van der Waals surface area contributed by atoms with Crippen LogP contribution in [0.5, 0.6) is 0 Å². The van der Waals surface area contributed by atoms with E-state index in [2.05, 4.69) is 15.5 Å². The van der Waals surface area contributed by atoms with Crippen molar-refractivity contribution in [2.45, 2.75) is 30.8 Å². The number of fused-ring (bicyclic) bond motifs is 1. The molecule has 0 saturated carbocycles. The minimum absolute atomic E-state index is 0.0602. The molecule has 0 aromatic heterocycles. The van der Waals surface area contributed by atoms with Crippen LogP contribution in [0.4, 0.5) is 0 Å². The van der Waals surface area contributed by atoms with Crippen molar-refractivity contribution >= 4 is 11.9 Å². The quantitative estimate of drug-likeness (QED) is 0.602. The molecule has 3 heterocycles. The predicted octanol–water partition coefficient (Wildman–Crippen LogP) is -0.986. The van der Waals surface area contributed by atoms with Crippen LogP contribution in [0.3, 0.4) is 0 Å². The summed E-state index contributed by atoms with van der Waals surface area (Å²) >= 11 is 0. The monoisotopic (exact) mass is 253 g/mol. The minimum Gasteiger partial charge on any atom is -0.481 e. The van der Waals surface area contributed by atoms with Gasteiger partial charge in [-0.1, -0.05) is 0 Å². The van der Waals surface area contributed by atoms with Crippen molar-refractivity contribution in [3.8, 4) is 0 Å². The Kier molecular flexibility index (Phi) is 2.79. The number of aliphatic carboxylic acids is 1. The number of carboxylic acid groups (broad SMARTS) is 1. The van der Waals surface area contributed by atoms with E-state index < -0.39 is 5.97 Å². The van der Waals surface area contributed by atoms with E-state index in [-0.39, 0.29) is 29.8 Å². The number of rotatable bonds is 3. The molecule has 6 heteroatoms. The average molecular weight is 253 g/mol. The highest BCUT2D eigenvalue weighted by Gasteiger charge is 2.52. The summed E-state index contributed by atoms with van der Waals surface area (Å²) in [6.07, 6.45) is 2.08. The van der Waals surface area contributed by atoms with Gasteiger partial charge in [0.25, 0.3) is 0 Å². The molecule has 0 aliphatic carbocycles. The van der Waals surface area contributed by atoms with Gasteiger partial charge in [0.15, 0.2) is 0 Å². The number of hydrogen-bond acceptors (Lipinski definition) is 4. The Bertz CT molecular complexity index is 381. The van der Waals surface area contributed by atoms with Crippen molar-refractivity contribution < 1.29 is 14.7 Å². The van der Waals surface area contributed by atoms with Crippen LogP contribution in [0.15, 0.2) is 0 Å². The van der Waals surface area contributed by atoms with Crippen molar-refractivity contribution in [3.63, 3.8) is 0 Å². The lowest BCUT2D eigenvalue weighted by Crippen LogP contribution is -2.73. The first-order valence-corrected chi connectivity index (χ1v) is 6.59. The molecule has 18 heavy (non-hydrogen) atoms. The van der Waals surface area contributed by atoms with E-state index >= 15 is 0 Å².